The third kappa shape index (κ3) is 9.72. The Hall–Kier alpha value is -2.85. The summed E-state index contributed by atoms with van der Waals surface area (Å²) < 4.78 is 61.1. The van der Waals surface area contributed by atoms with E-state index in [1.807, 2.05) is 65.0 Å². The number of hydrogen-bond acceptors (Lipinski definition) is 13. The highest BCUT2D eigenvalue weighted by atomic mass is 16.7. The molecule has 1 aromatic rings. The Labute approximate surface area is 294 Å². The molecular formula is C35H53N3O12. The first kappa shape index (κ1) is 39.9. The fourth-order valence-electron chi connectivity index (χ4n) is 7.02. The summed E-state index contributed by atoms with van der Waals surface area (Å²) in [7, 11) is 3.11. The molecule has 50 heavy (non-hydrogen) atoms. The topological polar surface area (TPSA) is 175 Å². The normalized spacial score (nSPS) is 38.9. The van der Waals surface area contributed by atoms with E-state index in [0.29, 0.717) is 0 Å². The van der Waals surface area contributed by atoms with E-state index in [-0.39, 0.29) is 43.5 Å². The van der Waals surface area contributed by atoms with Gasteiger partial charge in [0.25, 0.3) is 0 Å². The summed E-state index contributed by atoms with van der Waals surface area (Å²) in [5.41, 5.74) is 10.5. The minimum Gasteiger partial charge on any atom is -0.463 e. The van der Waals surface area contributed by atoms with Crippen LogP contribution in [0.15, 0.2) is 35.4 Å². The molecule has 0 saturated carbocycles. The van der Waals surface area contributed by atoms with Gasteiger partial charge in [-0.1, -0.05) is 63.1 Å². The first-order valence-electron chi connectivity index (χ1n) is 17.2. The van der Waals surface area contributed by atoms with Crippen molar-refractivity contribution in [2.24, 2.45) is 28.8 Å². The second-order valence-electron chi connectivity index (χ2n) is 13.4. The maximum Gasteiger partial charge on any atom is 0.302 e. The van der Waals surface area contributed by atoms with Gasteiger partial charge in [0.05, 0.1) is 37.1 Å². The van der Waals surface area contributed by atoms with Gasteiger partial charge < -0.3 is 47.4 Å². The Balaban J connectivity index is 1.62. The van der Waals surface area contributed by atoms with Gasteiger partial charge in [-0.05, 0) is 29.9 Å². The average Bonchev–Trinajstić information content (AvgIpc) is 3.09. The molecule has 15 atom stereocenters. The standard InChI is InChI=1S/C35H53N3O12/c1-18-19(2)33(42-9)47-27(17-44-24(7)40)30(18)49-34-21(4)31(45-15-25-13-11-10-12-14-25)32(22(5)46-34)50-35-28(37-38-36)20(3)29(41-8)26(48-35)16-43-23(6)39/h10-14,18-22,26-35H,15-17H2,1-9H3/t18-,19?,20-,21?,22?,26?,27?,28?,29+,30+,31+,32+,33?,34+,35+/m1/s1. The molecule has 15 nitrogen and oxygen atoms in total. The number of nitrogens with zero attached hydrogens (tertiary/aromatic N) is 3. The predicted octanol–water partition coefficient (Wildman–Crippen LogP) is 4.55. The molecule has 0 radical (unpaired) electrons. The van der Waals surface area contributed by atoms with E-state index in [4.69, 9.17) is 47.4 Å². The molecule has 3 aliphatic heterocycles. The van der Waals surface area contributed by atoms with E-state index in [9.17, 15) is 15.1 Å². The number of rotatable bonds is 14. The third-order valence-corrected chi connectivity index (χ3v) is 10.0. The SMILES string of the molecule is COC1OC(COC(C)=O)[C@@H](O[C@@H]2OC(C)[C@H](O[C@@H]3OC(COC(C)=O)[C@@H](OC)[C@H](C)C3N=[N+]=[N-])[C@@H](OCc3ccccc3)C2C)[C@H](C)C1C. The molecule has 3 saturated heterocycles. The molecule has 0 bridgehead atoms. The molecule has 3 aliphatic rings. The summed E-state index contributed by atoms with van der Waals surface area (Å²) in [6, 6.07) is 8.98. The van der Waals surface area contributed by atoms with Gasteiger partial charge in [-0.15, -0.1) is 0 Å². The van der Waals surface area contributed by atoms with Crippen LogP contribution in [0.25, 0.3) is 10.4 Å². The van der Waals surface area contributed by atoms with Crippen molar-refractivity contribution in [3.63, 3.8) is 0 Å². The summed E-state index contributed by atoms with van der Waals surface area (Å²) in [5.74, 6) is -1.72. The highest BCUT2D eigenvalue weighted by molar-refractivity contribution is 5.66. The van der Waals surface area contributed by atoms with Gasteiger partial charge in [0, 0.05) is 44.8 Å². The van der Waals surface area contributed by atoms with E-state index in [1.165, 1.54) is 21.0 Å². The molecule has 4 rings (SSSR count). The number of benzene rings is 1. The second-order valence-corrected chi connectivity index (χ2v) is 13.4. The molecule has 0 aromatic heterocycles. The van der Waals surface area contributed by atoms with Crippen LogP contribution < -0.4 is 0 Å². The lowest BCUT2D eigenvalue weighted by molar-refractivity contribution is -0.356. The zero-order valence-corrected chi connectivity index (χ0v) is 30.4. The third-order valence-electron chi connectivity index (χ3n) is 10.0. The Bertz CT molecular complexity index is 1280. The smallest absolute Gasteiger partial charge is 0.302 e. The largest absolute Gasteiger partial charge is 0.463 e. The average molecular weight is 708 g/mol. The van der Waals surface area contributed by atoms with Crippen molar-refractivity contribution in [3.05, 3.63) is 46.3 Å². The van der Waals surface area contributed by atoms with E-state index in [1.54, 1.807) is 7.11 Å². The molecule has 15 heteroatoms. The summed E-state index contributed by atoms with van der Waals surface area (Å²) in [4.78, 5) is 26.5. The van der Waals surface area contributed by atoms with Crippen molar-refractivity contribution < 1.29 is 57.0 Å². The molecule has 3 heterocycles. The van der Waals surface area contributed by atoms with Crippen molar-refractivity contribution in [1.29, 1.82) is 0 Å². The van der Waals surface area contributed by atoms with Crippen molar-refractivity contribution in [2.45, 2.75) is 123 Å². The first-order valence-corrected chi connectivity index (χ1v) is 17.2. The monoisotopic (exact) mass is 707 g/mol. The van der Waals surface area contributed by atoms with Gasteiger partial charge in [-0.2, -0.15) is 0 Å². The van der Waals surface area contributed by atoms with Crippen LogP contribution in [0, 0.1) is 23.7 Å². The summed E-state index contributed by atoms with van der Waals surface area (Å²) >= 11 is 0. The highest BCUT2D eigenvalue weighted by Crippen LogP contribution is 2.40. The highest BCUT2D eigenvalue weighted by Gasteiger charge is 2.52. The van der Waals surface area contributed by atoms with E-state index >= 15 is 0 Å². The number of carbonyl (C=O) groups excluding carboxylic acids is 2. The Morgan fingerprint density at radius 3 is 1.90 bits per heavy atom. The first-order chi connectivity index (χ1) is 23.9. The Morgan fingerprint density at radius 2 is 1.32 bits per heavy atom. The number of azide groups is 1. The van der Waals surface area contributed by atoms with Gasteiger partial charge in [-0.25, -0.2) is 0 Å². The number of methoxy groups -OCH3 is 2. The zero-order valence-electron chi connectivity index (χ0n) is 30.4. The van der Waals surface area contributed by atoms with Crippen LogP contribution in [0.1, 0.15) is 54.0 Å². The van der Waals surface area contributed by atoms with E-state index in [0.717, 1.165) is 5.56 Å². The van der Waals surface area contributed by atoms with Gasteiger partial charge >= 0.3 is 11.9 Å². The molecule has 7 unspecified atom stereocenters. The van der Waals surface area contributed by atoms with E-state index in [2.05, 4.69) is 10.0 Å². The zero-order chi connectivity index (χ0) is 36.5. The molecule has 0 N–H and O–H groups in total. The number of carbonyl (C=O) groups is 2. The number of ether oxygens (including phenoxy) is 10. The Morgan fingerprint density at radius 1 is 0.720 bits per heavy atom. The van der Waals surface area contributed by atoms with Crippen LogP contribution in [-0.2, 0) is 63.6 Å². The van der Waals surface area contributed by atoms with Gasteiger partial charge in [-0.3, -0.25) is 9.59 Å². The fourth-order valence-corrected chi connectivity index (χ4v) is 7.02. The van der Waals surface area contributed by atoms with E-state index < -0.39 is 79.6 Å². The van der Waals surface area contributed by atoms with Gasteiger partial charge in [0.2, 0.25) is 0 Å². The lowest BCUT2D eigenvalue weighted by Crippen LogP contribution is -2.62. The lowest BCUT2D eigenvalue weighted by atomic mass is 9.84. The van der Waals surface area contributed by atoms with Crippen molar-refractivity contribution >= 4 is 11.9 Å². The van der Waals surface area contributed by atoms with Gasteiger partial charge in [0.1, 0.15) is 31.5 Å². The molecule has 1 aromatic carbocycles. The quantitative estimate of drug-likeness (QED) is 0.114. The lowest BCUT2D eigenvalue weighted by Gasteiger charge is -2.50. The van der Waals surface area contributed by atoms with Crippen molar-refractivity contribution in [1.82, 2.24) is 0 Å². The number of hydrogen-bond donors (Lipinski definition) is 0. The Kier molecular flexibility index (Phi) is 14.8. The molecule has 0 spiro atoms. The maximum atomic E-state index is 11.7. The summed E-state index contributed by atoms with van der Waals surface area (Å²) in [5, 5.41) is 4.04. The van der Waals surface area contributed by atoms with Gasteiger partial charge in [0.15, 0.2) is 18.9 Å². The van der Waals surface area contributed by atoms with Crippen LogP contribution in [0.2, 0.25) is 0 Å². The van der Waals surface area contributed by atoms with Crippen LogP contribution in [-0.4, -0.2) is 107 Å². The maximum absolute atomic E-state index is 11.7. The predicted molar refractivity (Wildman–Crippen MR) is 177 cm³/mol. The molecule has 0 aliphatic carbocycles. The minimum atomic E-state index is -1.04. The summed E-state index contributed by atoms with van der Waals surface area (Å²) in [6.07, 6.45) is -6.52. The molecule has 280 valence electrons. The van der Waals surface area contributed by atoms with Crippen LogP contribution >= 0.6 is 0 Å². The van der Waals surface area contributed by atoms with Crippen LogP contribution in [0.3, 0.4) is 0 Å². The van der Waals surface area contributed by atoms with Crippen LogP contribution in [0.4, 0.5) is 0 Å². The molecule has 0 amide bonds. The molecule has 3 fully saturated rings. The number of esters is 2. The molecular weight excluding hydrogens is 654 g/mol. The van der Waals surface area contributed by atoms with Crippen molar-refractivity contribution in [2.75, 3.05) is 27.4 Å². The van der Waals surface area contributed by atoms with Crippen molar-refractivity contribution in [3.8, 4) is 0 Å². The second kappa shape index (κ2) is 18.6. The fraction of sp³-hybridized carbons (Fsp3) is 0.771. The van der Waals surface area contributed by atoms with Crippen LogP contribution in [0.5, 0.6) is 0 Å². The summed E-state index contributed by atoms with van der Waals surface area (Å²) in [6.45, 7) is 12.6. The minimum absolute atomic E-state index is 0.0117.